The molecule has 0 bridgehead atoms. The van der Waals surface area contributed by atoms with Gasteiger partial charge in [0.25, 0.3) is 0 Å². The zero-order chi connectivity index (χ0) is 16.8. The maximum absolute atomic E-state index is 13.0. The van der Waals surface area contributed by atoms with Crippen LogP contribution in [0.5, 0.6) is 0 Å². The van der Waals surface area contributed by atoms with Crippen LogP contribution in [0.1, 0.15) is 18.4 Å². The highest BCUT2D eigenvalue weighted by atomic mass is 35.5. The first-order chi connectivity index (χ1) is 11.0. The van der Waals surface area contributed by atoms with Gasteiger partial charge in [0.15, 0.2) is 0 Å². The number of amides is 2. The van der Waals surface area contributed by atoms with Crippen molar-refractivity contribution < 1.29 is 18.7 Å². The highest BCUT2D eigenvalue weighted by molar-refractivity contribution is 6.31. The van der Waals surface area contributed by atoms with Gasteiger partial charge in [-0.25, -0.2) is 4.39 Å². The topological polar surface area (TPSA) is 58.6 Å². The maximum Gasteiger partial charge on any atom is 0.248 e. The van der Waals surface area contributed by atoms with Gasteiger partial charge in [-0.1, -0.05) is 17.7 Å². The quantitative estimate of drug-likeness (QED) is 0.890. The third-order valence-corrected chi connectivity index (χ3v) is 4.23. The number of methoxy groups -OCH3 is 1. The van der Waals surface area contributed by atoms with E-state index in [4.69, 9.17) is 16.3 Å². The molecule has 126 valence electrons. The normalized spacial score (nSPS) is 17.9. The first-order valence-electron chi connectivity index (χ1n) is 7.49. The van der Waals surface area contributed by atoms with Crippen molar-refractivity contribution in [2.45, 2.75) is 19.4 Å². The van der Waals surface area contributed by atoms with E-state index in [1.54, 1.807) is 11.0 Å². The van der Waals surface area contributed by atoms with Gasteiger partial charge >= 0.3 is 0 Å². The second-order valence-electron chi connectivity index (χ2n) is 5.57. The Morgan fingerprint density at radius 1 is 1.48 bits per heavy atom. The first kappa shape index (κ1) is 17.7. The van der Waals surface area contributed by atoms with Crippen molar-refractivity contribution >= 4 is 23.4 Å². The number of nitrogens with zero attached hydrogens (tertiary/aromatic N) is 1. The highest BCUT2D eigenvalue weighted by Crippen LogP contribution is 2.19. The molecular formula is C16H20ClFN2O3. The van der Waals surface area contributed by atoms with Crippen molar-refractivity contribution in [2.24, 2.45) is 5.92 Å². The van der Waals surface area contributed by atoms with E-state index in [1.165, 1.54) is 19.2 Å². The molecule has 0 spiro atoms. The zero-order valence-corrected chi connectivity index (χ0v) is 13.7. The van der Waals surface area contributed by atoms with Gasteiger partial charge in [-0.15, -0.1) is 0 Å². The Morgan fingerprint density at radius 3 is 2.96 bits per heavy atom. The molecule has 23 heavy (non-hydrogen) atoms. The van der Waals surface area contributed by atoms with Gasteiger partial charge in [0.2, 0.25) is 11.8 Å². The van der Waals surface area contributed by atoms with E-state index in [1.807, 2.05) is 0 Å². The second kappa shape index (κ2) is 8.26. The summed E-state index contributed by atoms with van der Waals surface area (Å²) in [5, 5.41) is 3.09. The Balaban J connectivity index is 1.88. The number of ether oxygens (including phenoxy) is 1. The zero-order valence-electron chi connectivity index (χ0n) is 13.0. The number of benzene rings is 1. The van der Waals surface area contributed by atoms with Gasteiger partial charge in [-0.3, -0.25) is 9.59 Å². The fourth-order valence-corrected chi connectivity index (χ4v) is 2.86. The van der Waals surface area contributed by atoms with E-state index in [-0.39, 0.29) is 35.9 Å². The molecule has 1 atom stereocenters. The maximum atomic E-state index is 13.0. The van der Waals surface area contributed by atoms with Crippen LogP contribution in [0.2, 0.25) is 5.02 Å². The molecule has 1 aromatic rings. The second-order valence-corrected chi connectivity index (χ2v) is 5.97. The van der Waals surface area contributed by atoms with E-state index in [0.29, 0.717) is 18.7 Å². The molecule has 1 unspecified atom stereocenters. The Labute approximate surface area is 139 Å². The Hall–Kier alpha value is -1.66. The number of likely N-dealkylation sites (tertiary alicyclic amines) is 1. The predicted octanol–water partition coefficient (Wildman–Crippen LogP) is 1.98. The number of carbonyl (C=O) groups is 2. The molecule has 2 amide bonds. The number of rotatable bonds is 5. The lowest BCUT2D eigenvalue weighted by Gasteiger charge is -2.32. The van der Waals surface area contributed by atoms with E-state index in [0.717, 1.165) is 12.8 Å². The molecule has 2 rings (SSSR count). The van der Waals surface area contributed by atoms with Crippen molar-refractivity contribution in [1.29, 1.82) is 0 Å². The molecule has 0 aromatic heterocycles. The molecule has 1 fully saturated rings. The van der Waals surface area contributed by atoms with Crippen LogP contribution in [-0.4, -0.2) is 43.5 Å². The van der Waals surface area contributed by atoms with Gasteiger partial charge in [0.1, 0.15) is 12.4 Å². The van der Waals surface area contributed by atoms with Crippen molar-refractivity contribution in [3.8, 4) is 0 Å². The van der Waals surface area contributed by atoms with Crippen LogP contribution in [0, 0.1) is 11.7 Å². The number of carbonyl (C=O) groups excluding carboxylic acids is 2. The lowest BCUT2D eigenvalue weighted by Crippen LogP contribution is -2.46. The summed E-state index contributed by atoms with van der Waals surface area (Å²) in [6, 6.07) is 4.07. The molecule has 0 aliphatic carbocycles. The van der Waals surface area contributed by atoms with Gasteiger partial charge in [0, 0.05) is 31.8 Å². The van der Waals surface area contributed by atoms with Crippen LogP contribution in [0.25, 0.3) is 0 Å². The van der Waals surface area contributed by atoms with Gasteiger partial charge in [-0.2, -0.15) is 0 Å². The lowest BCUT2D eigenvalue weighted by atomic mass is 9.97. The third kappa shape index (κ3) is 4.91. The van der Waals surface area contributed by atoms with E-state index in [2.05, 4.69) is 5.32 Å². The molecule has 1 heterocycles. The minimum Gasteiger partial charge on any atom is -0.375 e. The monoisotopic (exact) mass is 342 g/mol. The molecule has 0 saturated carbocycles. The standard InChI is InChI=1S/C16H20ClFN2O3/c1-23-10-15(21)20-6-2-3-12(9-20)16(22)19-8-11-4-5-13(18)7-14(11)17/h4-5,7,12H,2-3,6,8-10H2,1H3,(H,19,22). The van der Waals surface area contributed by atoms with Crippen LogP contribution in [-0.2, 0) is 20.9 Å². The summed E-state index contributed by atoms with van der Waals surface area (Å²) in [4.78, 5) is 25.8. The lowest BCUT2D eigenvalue weighted by molar-refractivity contribution is -0.139. The Bertz CT molecular complexity index is 582. The number of hydrogen-bond donors (Lipinski definition) is 1. The molecule has 1 aliphatic heterocycles. The number of hydrogen-bond acceptors (Lipinski definition) is 3. The van der Waals surface area contributed by atoms with Gasteiger partial charge < -0.3 is 15.0 Å². The summed E-state index contributed by atoms with van der Waals surface area (Å²) in [5.41, 5.74) is 0.657. The van der Waals surface area contributed by atoms with E-state index in [9.17, 15) is 14.0 Å². The molecule has 1 aliphatic rings. The van der Waals surface area contributed by atoms with Crippen molar-refractivity contribution in [1.82, 2.24) is 10.2 Å². The van der Waals surface area contributed by atoms with Gasteiger partial charge in [-0.05, 0) is 30.5 Å². The number of nitrogens with one attached hydrogen (secondary N) is 1. The number of halogens is 2. The summed E-state index contributed by atoms with van der Waals surface area (Å²) in [6.07, 6.45) is 1.52. The fraction of sp³-hybridized carbons (Fsp3) is 0.500. The van der Waals surface area contributed by atoms with Crippen LogP contribution in [0.3, 0.4) is 0 Å². The molecule has 1 N–H and O–H groups in total. The van der Waals surface area contributed by atoms with E-state index < -0.39 is 5.82 Å². The van der Waals surface area contributed by atoms with Crippen molar-refractivity contribution in [3.05, 3.63) is 34.6 Å². The van der Waals surface area contributed by atoms with Gasteiger partial charge in [0.05, 0.1) is 5.92 Å². The molecule has 1 aromatic carbocycles. The highest BCUT2D eigenvalue weighted by Gasteiger charge is 2.28. The minimum absolute atomic E-state index is 0.0273. The molecule has 7 heteroatoms. The Kier molecular flexibility index (Phi) is 6.36. The third-order valence-electron chi connectivity index (χ3n) is 3.88. The Morgan fingerprint density at radius 2 is 2.26 bits per heavy atom. The number of piperidine rings is 1. The van der Waals surface area contributed by atoms with E-state index >= 15 is 0 Å². The summed E-state index contributed by atoms with van der Waals surface area (Å²) >= 11 is 5.94. The molecule has 1 saturated heterocycles. The largest absolute Gasteiger partial charge is 0.375 e. The first-order valence-corrected chi connectivity index (χ1v) is 7.87. The summed E-state index contributed by atoms with van der Waals surface area (Å²) in [6.45, 7) is 1.31. The average Bonchev–Trinajstić information content (AvgIpc) is 2.54. The SMILES string of the molecule is COCC(=O)N1CCCC(C(=O)NCc2ccc(F)cc2Cl)C1. The fourth-order valence-electron chi connectivity index (χ4n) is 2.62. The summed E-state index contributed by atoms with van der Waals surface area (Å²) < 4.78 is 17.8. The van der Waals surface area contributed by atoms with Crippen molar-refractivity contribution in [3.63, 3.8) is 0 Å². The molecule has 0 radical (unpaired) electrons. The molecule has 5 nitrogen and oxygen atoms in total. The van der Waals surface area contributed by atoms with Crippen molar-refractivity contribution in [2.75, 3.05) is 26.8 Å². The van der Waals surface area contributed by atoms with Crippen LogP contribution >= 0.6 is 11.6 Å². The van der Waals surface area contributed by atoms with Crippen LogP contribution in [0.15, 0.2) is 18.2 Å². The summed E-state index contributed by atoms with van der Waals surface area (Å²) in [5.74, 6) is -0.889. The minimum atomic E-state index is -0.412. The average molecular weight is 343 g/mol. The van der Waals surface area contributed by atoms with Crippen LogP contribution in [0.4, 0.5) is 4.39 Å². The summed E-state index contributed by atoms with van der Waals surface area (Å²) in [7, 11) is 1.47. The predicted molar refractivity (Wildman–Crippen MR) is 84.4 cm³/mol. The molecular weight excluding hydrogens is 323 g/mol. The smallest absolute Gasteiger partial charge is 0.248 e. The van der Waals surface area contributed by atoms with Crippen LogP contribution < -0.4 is 5.32 Å².